The molecule has 0 aliphatic rings. The summed E-state index contributed by atoms with van der Waals surface area (Å²) in [6.45, 7) is 10.3. The van der Waals surface area contributed by atoms with Crippen molar-refractivity contribution in [2.75, 3.05) is 7.11 Å². The second-order valence-corrected chi connectivity index (χ2v) is 8.37. The molecule has 0 radical (unpaired) electrons. The number of rotatable bonds is 6. The van der Waals surface area contributed by atoms with Crippen molar-refractivity contribution in [3.05, 3.63) is 96.7 Å². The first-order valence-corrected chi connectivity index (χ1v) is 13.7. The van der Waals surface area contributed by atoms with Crippen molar-refractivity contribution in [3.8, 4) is 17.2 Å². The maximum atomic E-state index is 15.0. The fraction of sp³-hybridized carbons (Fsp3) is 0.345. The van der Waals surface area contributed by atoms with Crippen LogP contribution in [0, 0.1) is 12.7 Å². The van der Waals surface area contributed by atoms with Gasteiger partial charge in [0.05, 0.1) is 19.3 Å². The molecular weight excluding hydrogens is 578 g/mol. The lowest BCUT2D eigenvalue weighted by molar-refractivity contribution is 0.171. The smallest absolute Gasteiger partial charge is 0.337 e. The summed E-state index contributed by atoms with van der Waals surface area (Å²) in [5.41, 5.74) is -1.58. The van der Waals surface area contributed by atoms with E-state index in [0.717, 1.165) is 26.7 Å². The fourth-order valence-corrected chi connectivity index (χ4v) is 3.92. The number of fused-ring (bicyclic) bond motifs is 1. The Hall–Kier alpha value is -4.00. The Bertz CT molecular complexity index is 1630. The van der Waals surface area contributed by atoms with Crippen LogP contribution in [-0.2, 0) is 13.6 Å². The van der Waals surface area contributed by atoms with Crippen LogP contribution >= 0.6 is 12.4 Å². The molecule has 4 rings (SSSR count). The zero-order chi connectivity index (χ0) is 32.1. The highest BCUT2D eigenvalue weighted by Crippen LogP contribution is 2.26. The second kappa shape index (κ2) is 17.1. The largest absolute Gasteiger partial charge is 0.497 e. The molecule has 42 heavy (non-hydrogen) atoms. The van der Waals surface area contributed by atoms with Crippen molar-refractivity contribution in [2.45, 2.75) is 54.5 Å². The summed E-state index contributed by atoms with van der Waals surface area (Å²) in [4.78, 5) is 39.6. The topological polar surface area (TPSA) is 84.5 Å². The van der Waals surface area contributed by atoms with Gasteiger partial charge >= 0.3 is 5.69 Å². The van der Waals surface area contributed by atoms with Crippen molar-refractivity contribution in [1.29, 1.82) is 0 Å². The Morgan fingerprint density at radius 3 is 2.02 bits per heavy atom. The highest BCUT2D eigenvalue weighted by Gasteiger charge is 2.23. The predicted molar refractivity (Wildman–Crippen MR) is 160 cm³/mol. The van der Waals surface area contributed by atoms with Gasteiger partial charge < -0.3 is 8.92 Å². The molecule has 0 saturated carbocycles. The van der Waals surface area contributed by atoms with Crippen LogP contribution < -0.4 is 25.7 Å². The Kier molecular flexibility index (Phi) is 14.6. The zero-order valence-corrected chi connectivity index (χ0v) is 25.5. The van der Waals surface area contributed by atoms with E-state index in [4.69, 9.17) is 8.92 Å². The molecule has 0 fully saturated rings. The van der Waals surface area contributed by atoms with Gasteiger partial charge in [0, 0.05) is 13.1 Å². The van der Waals surface area contributed by atoms with Gasteiger partial charge in [-0.25, -0.2) is 22.5 Å². The average Bonchev–Trinajstić information content (AvgIpc) is 2.96. The maximum absolute atomic E-state index is 15.0. The molecule has 13 heteroatoms. The van der Waals surface area contributed by atoms with E-state index in [2.05, 4.69) is 0 Å². The molecule has 2 heterocycles. The normalized spacial score (nSPS) is 10.1. The predicted octanol–water partition coefficient (Wildman–Crippen LogP) is 6.59. The summed E-state index contributed by atoms with van der Waals surface area (Å²) in [7, 11) is 2.83. The van der Waals surface area contributed by atoms with Gasteiger partial charge in [0.1, 0.15) is 22.6 Å². The van der Waals surface area contributed by atoms with E-state index in [9.17, 15) is 27.1 Å². The van der Waals surface area contributed by atoms with Crippen LogP contribution in [0.3, 0.4) is 0 Å². The Morgan fingerprint density at radius 1 is 0.952 bits per heavy atom. The Labute approximate surface area is 245 Å². The number of halogens is 4. The maximum Gasteiger partial charge on any atom is 0.337 e. The minimum Gasteiger partial charge on any atom is -0.497 e. The number of hydrogen-bond donors (Lipinski definition) is 0. The number of aromatic nitrogens is 3. The van der Waals surface area contributed by atoms with Crippen LogP contribution in [0.25, 0.3) is 16.7 Å². The lowest BCUT2D eigenvalue weighted by atomic mass is 10.2. The first kappa shape index (κ1) is 36.0. The van der Waals surface area contributed by atoms with Crippen LogP contribution in [0.15, 0.2) is 62.9 Å². The quantitative estimate of drug-likeness (QED) is 0.180. The third kappa shape index (κ3) is 8.51. The van der Waals surface area contributed by atoms with Gasteiger partial charge in [-0.3, -0.25) is 18.7 Å². The van der Waals surface area contributed by atoms with Gasteiger partial charge in [0.15, 0.2) is 5.75 Å². The number of alkyl halides is 2. The summed E-state index contributed by atoms with van der Waals surface area (Å²) in [5.74, 6) is -0.531. The average molecular weight is 614 g/mol. The van der Waals surface area contributed by atoms with Gasteiger partial charge in [-0.15, -0.1) is 3.89 Å². The first-order chi connectivity index (χ1) is 20.0. The Balaban J connectivity index is 0.000000998. The first-order valence-electron chi connectivity index (χ1n) is 13.0. The van der Waals surface area contributed by atoms with E-state index in [-0.39, 0.29) is 29.0 Å². The molecule has 4 aromatic rings. The number of hydrogen-bond acceptors (Lipinski definition) is 6. The van der Waals surface area contributed by atoms with Crippen LogP contribution in [0.4, 0.5) is 17.1 Å². The van der Waals surface area contributed by atoms with E-state index < -0.39 is 41.5 Å². The molecule has 0 aliphatic carbocycles. The van der Waals surface area contributed by atoms with Crippen LogP contribution in [-0.4, -0.2) is 27.2 Å². The number of pyridine rings is 1. The van der Waals surface area contributed by atoms with Gasteiger partial charge in [-0.2, -0.15) is 0 Å². The van der Waals surface area contributed by atoms with E-state index in [1.165, 1.54) is 26.3 Å². The monoisotopic (exact) mass is 613 g/mol. The Morgan fingerprint density at radius 2 is 1.52 bits per heavy atom. The number of methoxy groups -OCH3 is 1. The molecule has 0 N–H and O–H groups in total. The lowest BCUT2D eigenvalue weighted by Gasteiger charge is -2.18. The van der Waals surface area contributed by atoms with E-state index in [0.29, 0.717) is 16.9 Å². The molecule has 0 saturated heterocycles. The van der Waals surface area contributed by atoms with E-state index in [1.807, 2.05) is 27.7 Å². The van der Waals surface area contributed by atoms with Crippen molar-refractivity contribution in [3.63, 3.8) is 0 Å². The van der Waals surface area contributed by atoms with Crippen LogP contribution in [0.2, 0.25) is 0 Å². The summed E-state index contributed by atoms with van der Waals surface area (Å²) < 4.78 is 61.5. The third-order valence-corrected chi connectivity index (χ3v) is 5.67. The molecule has 230 valence electrons. The van der Waals surface area contributed by atoms with Gasteiger partial charge in [0.2, 0.25) is 6.43 Å². The van der Waals surface area contributed by atoms with Crippen molar-refractivity contribution >= 4 is 23.5 Å². The van der Waals surface area contributed by atoms with E-state index in [1.54, 1.807) is 37.3 Å². The summed E-state index contributed by atoms with van der Waals surface area (Å²) >= 11 is -0.554. The van der Waals surface area contributed by atoms with Crippen LogP contribution in [0.1, 0.15) is 45.7 Å². The summed E-state index contributed by atoms with van der Waals surface area (Å²) in [5, 5.41) is -0.250. The number of ether oxygens (including phenoxy) is 1. The van der Waals surface area contributed by atoms with Crippen molar-refractivity contribution in [1.82, 2.24) is 13.7 Å². The van der Waals surface area contributed by atoms with Gasteiger partial charge in [0.25, 0.3) is 23.5 Å². The molecule has 0 bridgehead atoms. The summed E-state index contributed by atoms with van der Waals surface area (Å²) in [6, 6.07) is 11.8. The lowest BCUT2D eigenvalue weighted by Crippen LogP contribution is -2.42. The molecule has 2 aromatic heterocycles. The number of nitrogens with zero attached hydrogens (tertiary/aromatic N) is 3. The number of aryl methyl sites for hydroxylation is 2. The highest BCUT2D eigenvalue weighted by atomic mass is 32.2. The minimum atomic E-state index is -2.17. The standard InChI is InChI=1S/C23H19F2N3O5S.C2H4F2.2C2H6/c1-13-4-9-17(16(24)10-13)28-21-20(18(33-34-25)11-19(29)26(21)2)22(30)27(23(28)31)12-14-5-7-15(32-3)8-6-14;1-2(3)4;2*1-2/h4-11H,12H2,1-3H3;2H,1H3;2*1-2H3. The molecule has 0 aliphatic heterocycles. The SMILES string of the molecule is CC.CC.CC(F)F.COc1ccc(Cn2c(=O)c3c(OSF)cc(=O)n(C)c3n(-c3ccc(C)cc3F)c2=O)cc1. The minimum absolute atomic E-state index is 0.171. The molecule has 0 unspecified atom stereocenters. The van der Waals surface area contributed by atoms with Crippen LogP contribution in [0.5, 0.6) is 11.5 Å². The van der Waals surface area contributed by atoms with E-state index >= 15 is 4.39 Å². The third-order valence-electron chi connectivity index (χ3n) is 5.43. The molecular formula is C29H35F4N3O5S. The van der Waals surface area contributed by atoms with Gasteiger partial charge in [-0.05, 0) is 49.2 Å². The molecule has 0 spiro atoms. The van der Waals surface area contributed by atoms with Crippen molar-refractivity contribution in [2.24, 2.45) is 7.05 Å². The zero-order valence-electron chi connectivity index (χ0n) is 24.7. The number of benzene rings is 2. The van der Waals surface area contributed by atoms with Crippen molar-refractivity contribution < 1.29 is 26.0 Å². The van der Waals surface area contributed by atoms with Gasteiger partial charge in [-0.1, -0.05) is 45.9 Å². The summed E-state index contributed by atoms with van der Waals surface area (Å²) in [6.07, 6.45) is -2.17. The fourth-order valence-electron chi connectivity index (χ4n) is 3.72. The molecule has 0 amide bonds. The molecule has 8 nitrogen and oxygen atoms in total. The second-order valence-electron chi connectivity index (χ2n) is 8.08. The highest BCUT2D eigenvalue weighted by molar-refractivity contribution is 7.89. The molecule has 0 atom stereocenters. The molecule has 2 aromatic carbocycles.